The van der Waals surface area contributed by atoms with Crippen molar-refractivity contribution in [3.63, 3.8) is 0 Å². The summed E-state index contributed by atoms with van der Waals surface area (Å²) in [5.41, 5.74) is 1.07. The highest BCUT2D eigenvalue weighted by Gasteiger charge is 2.20. The molecular formula is C17H21N3O2S. The van der Waals surface area contributed by atoms with Crippen LogP contribution in [0.3, 0.4) is 0 Å². The second-order valence-electron chi connectivity index (χ2n) is 5.85. The van der Waals surface area contributed by atoms with Gasteiger partial charge >= 0.3 is 0 Å². The van der Waals surface area contributed by atoms with E-state index in [1.807, 2.05) is 30.3 Å². The zero-order valence-electron chi connectivity index (χ0n) is 12.9. The molecule has 2 aromatic rings. The van der Waals surface area contributed by atoms with Crippen LogP contribution in [0.1, 0.15) is 40.9 Å². The summed E-state index contributed by atoms with van der Waals surface area (Å²) in [6, 6.07) is 10.2. The molecule has 0 atom stereocenters. The maximum atomic E-state index is 12.2. The Morgan fingerprint density at radius 2 is 1.96 bits per heavy atom. The van der Waals surface area contributed by atoms with E-state index in [0.29, 0.717) is 17.5 Å². The summed E-state index contributed by atoms with van der Waals surface area (Å²) < 4.78 is 0. The van der Waals surface area contributed by atoms with Gasteiger partial charge in [-0.15, -0.1) is 0 Å². The maximum Gasteiger partial charge on any atom is 0.263 e. The number of aromatic nitrogens is 1. The predicted octanol–water partition coefficient (Wildman–Crippen LogP) is 2.79. The molecule has 0 bridgehead atoms. The molecule has 0 aliphatic heterocycles. The Kier molecular flexibility index (Phi) is 5.25. The third-order valence-electron chi connectivity index (χ3n) is 4.05. The number of aliphatic hydroxyl groups excluding tert-OH is 1. The number of aliphatic hydroxyl groups is 1. The largest absolute Gasteiger partial charge is 0.393 e. The zero-order valence-corrected chi connectivity index (χ0v) is 13.7. The Balaban J connectivity index is 1.51. The number of thiazole rings is 1. The van der Waals surface area contributed by atoms with Gasteiger partial charge in [0.2, 0.25) is 0 Å². The predicted molar refractivity (Wildman–Crippen MR) is 91.6 cm³/mol. The van der Waals surface area contributed by atoms with E-state index >= 15 is 0 Å². The fraction of sp³-hybridized carbons (Fsp3) is 0.412. The molecule has 5 nitrogen and oxygen atoms in total. The maximum absolute atomic E-state index is 12.2. The number of nitrogens with zero attached hydrogens (tertiary/aromatic N) is 1. The van der Waals surface area contributed by atoms with Gasteiger partial charge in [0.15, 0.2) is 5.13 Å². The van der Waals surface area contributed by atoms with Gasteiger partial charge in [0, 0.05) is 12.6 Å². The highest BCUT2D eigenvalue weighted by molar-refractivity contribution is 7.17. The average Bonchev–Trinajstić information content (AvgIpc) is 3.04. The number of benzene rings is 1. The fourth-order valence-corrected chi connectivity index (χ4v) is 3.52. The van der Waals surface area contributed by atoms with Gasteiger partial charge in [-0.25, -0.2) is 4.98 Å². The van der Waals surface area contributed by atoms with E-state index in [1.54, 1.807) is 6.20 Å². The normalized spacial score (nSPS) is 20.9. The molecule has 0 radical (unpaired) electrons. The molecule has 1 aromatic heterocycles. The van der Waals surface area contributed by atoms with Gasteiger partial charge in [-0.3, -0.25) is 4.79 Å². The van der Waals surface area contributed by atoms with Crippen LogP contribution in [0.15, 0.2) is 36.5 Å². The van der Waals surface area contributed by atoms with E-state index in [-0.39, 0.29) is 12.0 Å². The number of rotatable bonds is 5. The molecule has 1 aliphatic carbocycles. The van der Waals surface area contributed by atoms with Gasteiger partial charge in [-0.05, 0) is 31.2 Å². The first-order chi connectivity index (χ1) is 11.2. The van der Waals surface area contributed by atoms with Gasteiger partial charge in [0.1, 0.15) is 4.88 Å². The third-order valence-corrected chi connectivity index (χ3v) is 4.98. The van der Waals surface area contributed by atoms with Crippen molar-refractivity contribution < 1.29 is 9.90 Å². The van der Waals surface area contributed by atoms with Crippen molar-refractivity contribution in [2.75, 3.05) is 5.32 Å². The topological polar surface area (TPSA) is 74.2 Å². The summed E-state index contributed by atoms with van der Waals surface area (Å²) in [5, 5.41) is 16.6. The number of hydrogen-bond acceptors (Lipinski definition) is 5. The van der Waals surface area contributed by atoms with Crippen LogP contribution in [0.4, 0.5) is 5.13 Å². The zero-order chi connectivity index (χ0) is 16.1. The van der Waals surface area contributed by atoms with Crippen LogP contribution in [0, 0.1) is 0 Å². The van der Waals surface area contributed by atoms with E-state index < -0.39 is 0 Å². The fourth-order valence-electron chi connectivity index (χ4n) is 2.71. The Morgan fingerprint density at radius 3 is 2.70 bits per heavy atom. The highest BCUT2D eigenvalue weighted by atomic mass is 32.1. The molecule has 6 heteroatoms. The van der Waals surface area contributed by atoms with Gasteiger partial charge in [0.25, 0.3) is 5.91 Å². The molecule has 3 N–H and O–H groups in total. The van der Waals surface area contributed by atoms with E-state index in [2.05, 4.69) is 15.6 Å². The minimum atomic E-state index is -0.163. The van der Waals surface area contributed by atoms with E-state index in [0.717, 1.165) is 36.4 Å². The van der Waals surface area contributed by atoms with Gasteiger partial charge in [-0.2, -0.15) is 0 Å². The van der Waals surface area contributed by atoms with Crippen LogP contribution in [0.2, 0.25) is 0 Å². The van der Waals surface area contributed by atoms with Crippen molar-refractivity contribution in [1.82, 2.24) is 10.3 Å². The van der Waals surface area contributed by atoms with Crippen molar-refractivity contribution in [1.29, 1.82) is 0 Å². The van der Waals surface area contributed by atoms with Crippen LogP contribution in [-0.2, 0) is 6.54 Å². The highest BCUT2D eigenvalue weighted by Crippen LogP contribution is 2.25. The molecule has 23 heavy (non-hydrogen) atoms. The second-order valence-corrected chi connectivity index (χ2v) is 6.88. The smallest absolute Gasteiger partial charge is 0.263 e. The molecule has 1 aliphatic rings. The van der Waals surface area contributed by atoms with Gasteiger partial charge in [0.05, 0.1) is 12.3 Å². The lowest BCUT2D eigenvalue weighted by Crippen LogP contribution is -2.28. The van der Waals surface area contributed by atoms with Crippen molar-refractivity contribution >= 4 is 22.4 Å². The van der Waals surface area contributed by atoms with Crippen LogP contribution < -0.4 is 10.6 Å². The molecule has 1 fully saturated rings. The minimum Gasteiger partial charge on any atom is -0.393 e. The molecule has 1 heterocycles. The summed E-state index contributed by atoms with van der Waals surface area (Å²) >= 11 is 1.37. The summed E-state index contributed by atoms with van der Waals surface area (Å²) in [4.78, 5) is 17.1. The monoisotopic (exact) mass is 331 g/mol. The number of amides is 1. The van der Waals surface area contributed by atoms with Crippen molar-refractivity contribution in [2.45, 2.75) is 44.4 Å². The van der Waals surface area contributed by atoms with Crippen molar-refractivity contribution in [3.8, 4) is 0 Å². The lowest BCUT2D eigenvalue weighted by molar-refractivity contribution is 0.0954. The van der Waals surface area contributed by atoms with E-state index in [9.17, 15) is 9.90 Å². The lowest BCUT2D eigenvalue weighted by atomic mass is 9.93. The van der Waals surface area contributed by atoms with E-state index in [4.69, 9.17) is 0 Å². The molecule has 1 saturated carbocycles. The molecule has 0 spiro atoms. The summed E-state index contributed by atoms with van der Waals surface area (Å²) in [6.07, 6.45) is 4.99. The molecule has 3 rings (SSSR count). The molecule has 1 aromatic carbocycles. The second kappa shape index (κ2) is 7.57. The first-order valence-electron chi connectivity index (χ1n) is 7.93. The quantitative estimate of drug-likeness (QED) is 0.787. The lowest BCUT2D eigenvalue weighted by Gasteiger charge is -2.25. The number of hydrogen-bond donors (Lipinski definition) is 3. The third kappa shape index (κ3) is 4.53. The standard InChI is InChI=1S/C17H21N3O2S/c21-14-8-6-13(7-9-14)20-17-19-11-15(23-17)16(22)18-10-12-4-2-1-3-5-12/h1-5,11,13-14,21H,6-10H2,(H,18,22)(H,19,20). The number of carbonyl (C=O) groups excluding carboxylic acids is 1. The number of carbonyl (C=O) groups is 1. The molecule has 0 saturated heterocycles. The molecule has 122 valence electrons. The molecule has 1 amide bonds. The summed E-state index contributed by atoms with van der Waals surface area (Å²) in [7, 11) is 0. The molecular weight excluding hydrogens is 310 g/mol. The summed E-state index contributed by atoms with van der Waals surface area (Å²) in [6.45, 7) is 0.515. The number of anilines is 1. The molecule has 0 unspecified atom stereocenters. The first-order valence-corrected chi connectivity index (χ1v) is 8.75. The van der Waals surface area contributed by atoms with Crippen LogP contribution in [0.5, 0.6) is 0 Å². The van der Waals surface area contributed by atoms with E-state index in [1.165, 1.54) is 11.3 Å². The Hall–Kier alpha value is -1.92. The Morgan fingerprint density at radius 1 is 1.22 bits per heavy atom. The minimum absolute atomic E-state index is 0.0986. The van der Waals surface area contributed by atoms with Gasteiger partial charge < -0.3 is 15.7 Å². The Bertz CT molecular complexity index is 636. The number of nitrogens with one attached hydrogen (secondary N) is 2. The van der Waals surface area contributed by atoms with Crippen LogP contribution in [-0.4, -0.2) is 28.1 Å². The summed E-state index contributed by atoms with van der Waals surface area (Å²) in [5.74, 6) is -0.0986. The van der Waals surface area contributed by atoms with Gasteiger partial charge in [-0.1, -0.05) is 41.7 Å². The first kappa shape index (κ1) is 16.0. The van der Waals surface area contributed by atoms with Crippen molar-refractivity contribution in [3.05, 3.63) is 47.0 Å². The average molecular weight is 331 g/mol. The van der Waals surface area contributed by atoms with Crippen LogP contribution in [0.25, 0.3) is 0 Å². The van der Waals surface area contributed by atoms with Crippen LogP contribution >= 0.6 is 11.3 Å². The SMILES string of the molecule is O=C(NCc1ccccc1)c1cnc(NC2CCC(O)CC2)s1. The van der Waals surface area contributed by atoms with Crippen molar-refractivity contribution in [2.24, 2.45) is 0 Å². The Labute approximate surface area is 139 Å².